The summed E-state index contributed by atoms with van der Waals surface area (Å²) in [5.41, 5.74) is 1.99. The molecule has 100 valence electrons. The van der Waals surface area contributed by atoms with Crippen molar-refractivity contribution in [1.82, 2.24) is 4.90 Å². The van der Waals surface area contributed by atoms with Crippen LogP contribution in [0.2, 0.25) is 0 Å². The molecule has 0 atom stereocenters. The van der Waals surface area contributed by atoms with E-state index in [0.717, 1.165) is 30.1 Å². The third-order valence-corrected chi connectivity index (χ3v) is 3.15. The highest BCUT2D eigenvalue weighted by Crippen LogP contribution is 2.08. The molecule has 18 heavy (non-hydrogen) atoms. The third-order valence-electron chi connectivity index (χ3n) is 3.15. The van der Waals surface area contributed by atoms with E-state index >= 15 is 0 Å². The Morgan fingerprint density at radius 1 is 1.28 bits per heavy atom. The first kappa shape index (κ1) is 14.9. The van der Waals surface area contributed by atoms with Crippen molar-refractivity contribution in [2.75, 3.05) is 20.1 Å². The van der Waals surface area contributed by atoms with Crippen LogP contribution in [0.5, 0.6) is 0 Å². The van der Waals surface area contributed by atoms with Gasteiger partial charge in [0.05, 0.1) is 0 Å². The van der Waals surface area contributed by atoms with Gasteiger partial charge in [0.25, 0.3) is 0 Å². The van der Waals surface area contributed by atoms with Gasteiger partial charge in [-0.15, -0.1) is 0 Å². The third kappa shape index (κ3) is 5.46. The molecule has 0 N–H and O–H groups in total. The molecule has 0 bridgehead atoms. The Kier molecular flexibility index (Phi) is 6.06. The van der Waals surface area contributed by atoms with E-state index in [1.807, 2.05) is 31.2 Å². The average molecular weight is 247 g/mol. The maximum atomic E-state index is 12.0. The van der Waals surface area contributed by atoms with E-state index in [-0.39, 0.29) is 5.78 Å². The molecule has 0 aliphatic heterocycles. The van der Waals surface area contributed by atoms with Gasteiger partial charge in [-0.2, -0.15) is 0 Å². The summed E-state index contributed by atoms with van der Waals surface area (Å²) in [6.07, 6.45) is 1.80. The van der Waals surface area contributed by atoms with Gasteiger partial charge < -0.3 is 4.90 Å². The van der Waals surface area contributed by atoms with Crippen LogP contribution in [0.15, 0.2) is 24.3 Å². The molecule has 0 saturated heterocycles. The smallest absolute Gasteiger partial charge is 0.164 e. The summed E-state index contributed by atoms with van der Waals surface area (Å²) in [5.74, 6) is 0.968. The van der Waals surface area contributed by atoms with E-state index in [4.69, 9.17) is 0 Å². The van der Waals surface area contributed by atoms with Gasteiger partial charge in [-0.05, 0) is 38.9 Å². The van der Waals surface area contributed by atoms with Gasteiger partial charge in [0.1, 0.15) is 0 Å². The van der Waals surface area contributed by atoms with Gasteiger partial charge in [0.15, 0.2) is 5.78 Å². The monoisotopic (exact) mass is 247 g/mol. The predicted molar refractivity (Wildman–Crippen MR) is 77.1 cm³/mol. The summed E-state index contributed by atoms with van der Waals surface area (Å²) in [5, 5.41) is 0. The lowest BCUT2D eigenvalue weighted by Gasteiger charge is -2.17. The van der Waals surface area contributed by atoms with Crippen molar-refractivity contribution in [1.29, 1.82) is 0 Å². The van der Waals surface area contributed by atoms with Crippen LogP contribution >= 0.6 is 0 Å². The number of nitrogens with zero attached hydrogens (tertiary/aromatic N) is 1. The number of aryl methyl sites for hydroxylation is 1. The van der Waals surface area contributed by atoms with E-state index < -0.39 is 0 Å². The zero-order valence-corrected chi connectivity index (χ0v) is 12.1. The number of Topliss-reactive ketones (excluding diaryl/α,β-unsaturated/α-hetero) is 1. The van der Waals surface area contributed by atoms with Crippen LogP contribution in [0.3, 0.4) is 0 Å². The van der Waals surface area contributed by atoms with Crippen LogP contribution in [0.1, 0.15) is 42.6 Å². The lowest BCUT2D eigenvalue weighted by molar-refractivity contribution is 0.0968. The molecule has 1 aromatic carbocycles. The van der Waals surface area contributed by atoms with E-state index in [0.29, 0.717) is 6.42 Å². The molecule has 2 heteroatoms. The highest BCUT2D eigenvalue weighted by Gasteiger charge is 2.08. The van der Waals surface area contributed by atoms with Crippen molar-refractivity contribution in [2.24, 2.45) is 5.92 Å². The Balaban J connectivity index is 2.37. The van der Waals surface area contributed by atoms with Crippen molar-refractivity contribution in [2.45, 2.75) is 33.6 Å². The van der Waals surface area contributed by atoms with Gasteiger partial charge in [-0.3, -0.25) is 4.79 Å². The van der Waals surface area contributed by atoms with E-state index in [9.17, 15) is 4.79 Å². The maximum Gasteiger partial charge on any atom is 0.164 e. The molecule has 0 unspecified atom stereocenters. The zero-order valence-electron chi connectivity index (χ0n) is 12.1. The van der Waals surface area contributed by atoms with Gasteiger partial charge in [-0.25, -0.2) is 0 Å². The fourth-order valence-corrected chi connectivity index (χ4v) is 1.85. The maximum absolute atomic E-state index is 12.0. The summed E-state index contributed by atoms with van der Waals surface area (Å²) in [4.78, 5) is 14.3. The van der Waals surface area contributed by atoms with E-state index in [2.05, 4.69) is 25.8 Å². The van der Waals surface area contributed by atoms with E-state index in [1.54, 1.807) is 0 Å². The highest BCUT2D eigenvalue weighted by molar-refractivity contribution is 5.96. The van der Waals surface area contributed by atoms with Crippen LogP contribution in [0, 0.1) is 12.8 Å². The topological polar surface area (TPSA) is 20.3 Å². The Bertz CT molecular complexity index is 384. The van der Waals surface area contributed by atoms with Crippen LogP contribution in [0.4, 0.5) is 0 Å². The lowest BCUT2D eigenvalue weighted by Crippen LogP contribution is -2.24. The van der Waals surface area contributed by atoms with E-state index in [1.165, 1.54) is 6.42 Å². The predicted octanol–water partition coefficient (Wildman–Crippen LogP) is 3.55. The Morgan fingerprint density at radius 3 is 2.61 bits per heavy atom. The molecule has 0 aliphatic rings. The number of hydrogen-bond donors (Lipinski definition) is 0. The molecule has 1 aromatic rings. The van der Waals surface area contributed by atoms with Gasteiger partial charge in [0, 0.05) is 18.5 Å². The molecular formula is C16H25NO. The zero-order chi connectivity index (χ0) is 13.5. The van der Waals surface area contributed by atoms with Crippen LogP contribution in [-0.2, 0) is 0 Å². The fraction of sp³-hybridized carbons (Fsp3) is 0.562. The van der Waals surface area contributed by atoms with Crippen molar-refractivity contribution in [3.05, 3.63) is 35.4 Å². The average Bonchev–Trinajstić information content (AvgIpc) is 2.33. The summed E-state index contributed by atoms with van der Waals surface area (Å²) in [7, 11) is 2.09. The van der Waals surface area contributed by atoms with Gasteiger partial charge >= 0.3 is 0 Å². The summed E-state index contributed by atoms with van der Waals surface area (Å²) in [6, 6.07) is 7.84. The summed E-state index contributed by atoms with van der Waals surface area (Å²) >= 11 is 0. The molecule has 1 rings (SSSR count). The summed E-state index contributed by atoms with van der Waals surface area (Å²) < 4.78 is 0. The van der Waals surface area contributed by atoms with Gasteiger partial charge in [0.2, 0.25) is 0 Å². The Labute approximate surface area is 111 Å². The minimum atomic E-state index is 0.245. The van der Waals surface area contributed by atoms with Crippen LogP contribution < -0.4 is 0 Å². The molecule has 2 nitrogen and oxygen atoms in total. The number of carbonyl (C=O) groups is 1. The molecule has 0 aliphatic carbocycles. The Morgan fingerprint density at radius 2 is 2.00 bits per heavy atom. The molecular weight excluding hydrogens is 222 g/mol. The first-order valence-electron chi connectivity index (χ1n) is 6.77. The van der Waals surface area contributed by atoms with Crippen molar-refractivity contribution in [3.8, 4) is 0 Å². The normalized spacial score (nSPS) is 11.2. The fourth-order valence-electron chi connectivity index (χ4n) is 1.85. The molecule has 0 aromatic heterocycles. The number of carbonyl (C=O) groups excluding carboxylic acids is 1. The van der Waals surface area contributed by atoms with Crippen molar-refractivity contribution < 1.29 is 4.79 Å². The Hall–Kier alpha value is -1.15. The summed E-state index contributed by atoms with van der Waals surface area (Å²) in [6.45, 7) is 8.39. The molecule has 0 fully saturated rings. The largest absolute Gasteiger partial charge is 0.306 e. The number of hydrogen-bond acceptors (Lipinski definition) is 2. The second-order valence-electron chi connectivity index (χ2n) is 5.53. The first-order valence-corrected chi connectivity index (χ1v) is 6.77. The number of ketones is 1. The number of rotatable bonds is 7. The molecule has 0 spiro atoms. The number of benzene rings is 1. The standard InChI is InChI=1S/C16H25NO/c1-13(2)8-10-17(4)11-9-16(18)15-7-5-6-14(3)12-15/h5-7,12-13H,8-11H2,1-4H3. The minimum Gasteiger partial charge on any atom is -0.306 e. The quantitative estimate of drug-likeness (QED) is 0.687. The first-order chi connectivity index (χ1) is 8.49. The molecule has 0 saturated carbocycles. The lowest BCUT2D eigenvalue weighted by atomic mass is 10.1. The van der Waals surface area contributed by atoms with Gasteiger partial charge in [-0.1, -0.05) is 37.6 Å². The second-order valence-corrected chi connectivity index (χ2v) is 5.53. The molecule has 0 heterocycles. The van der Waals surface area contributed by atoms with Crippen LogP contribution in [-0.4, -0.2) is 30.8 Å². The van der Waals surface area contributed by atoms with Crippen molar-refractivity contribution in [3.63, 3.8) is 0 Å². The van der Waals surface area contributed by atoms with Crippen molar-refractivity contribution >= 4 is 5.78 Å². The second kappa shape index (κ2) is 7.32. The minimum absolute atomic E-state index is 0.245. The SMILES string of the molecule is Cc1cccc(C(=O)CCN(C)CCC(C)C)c1. The highest BCUT2D eigenvalue weighted by atomic mass is 16.1. The molecule has 0 radical (unpaired) electrons. The molecule has 0 amide bonds. The van der Waals surface area contributed by atoms with Crippen LogP contribution in [0.25, 0.3) is 0 Å².